The normalized spacial score (nSPS) is 23.6. The van der Waals surface area contributed by atoms with Crippen LogP contribution < -0.4 is 5.32 Å². The van der Waals surface area contributed by atoms with E-state index in [2.05, 4.69) is 60.8 Å². The molecule has 0 bridgehead atoms. The smallest absolute Gasteiger partial charge is 0.320 e. The molecule has 2 aliphatic rings. The van der Waals surface area contributed by atoms with Gasteiger partial charge in [-0.1, -0.05) is 38.1 Å². The summed E-state index contributed by atoms with van der Waals surface area (Å²) in [6.45, 7) is 11.2. The molecule has 3 rings (SSSR count). The molecule has 0 aliphatic carbocycles. The highest BCUT2D eigenvalue weighted by molar-refractivity contribution is 5.91. The van der Waals surface area contributed by atoms with E-state index >= 15 is 0 Å². The van der Waals surface area contributed by atoms with E-state index in [1.54, 1.807) is 0 Å². The molecular formula is C21H31N3O. The molecule has 0 radical (unpaired) electrons. The largest absolute Gasteiger partial charge is 0.322 e. The molecule has 2 aliphatic heterocycles. The van der Waals surface area contributed by atoms with E-state index in [1.807, 2.05) is 6.08 Å². The fraction of sp³-hybridized carbons (Fsp3) is 0.571. The van der Waals surface area contributed by atoms with E-state index in [1.165, 1.54) is 12.0 Å². The second-order valence-electron chi connectivity index (χ2n) is 7.82. The minimum atomic E-state index is 0.0567. The second-order valence-corrected chi connectivity index (χ2v) is 7.82. The number of carbonyl (C=O) groups excluding carboxylic acids is 1. The van der Waals surface area contributed by atoms with Gasteiger partial charge in [-0.15, -0.1) is 6.58 Å². The molecule has 0 unspecified atom stereocenters. The first-order valence-corrected chi connectivity index (χ1v) is 9.50. The van der Waals surface area contributed by atoms with Crippen LogP contribution in [0.25, 0.3) is 0 Å². The first-order valence-electron chi connectivity index (χ1n) is 9.50. The first-order chi connectivity index (χ1) is 12.0. The van der Waals surface area contributed by atoms with Gasteiger partial charge in [-0.05, 0) is 55.8 Å². The monoisotopic (exact) mass is 341 g/mol. The summed E-state index contributed by atoms with van der Waals surface area (Å²) in [6.07, 6.45) is 5.01. The summed E-state index contributed by atoms with van der Waals surface area (Å²) in [5, 5.41) is 3.26. The van der Waals surface area contributed by atoms with Crippen LogP contribution in [0.5, 0.6) is 0 Å². The fourth-order valence-corrected chi connectivity index (χ4v) is 4.31. The molecule has 0 saturated carbocycles. The second kappa shape index (κ2) is 7.61. The molecule has 0 aromatic heterocycles. The van der Waals surface area contributed by atoms with Crippen molar-refractivity contribution in [3.05, 3.63) is 42.0 Å². The third-order valence-electron chi connectivity index (χ3n) is 5.73. The van der Waals surface area contributed by atoms with Crippen molar-refractivity contribution in [1.29, 1.82) is 0 Å². The number of anilines is 1. The number of likely N-dealkylation sites (N-methyl/N-ethyl adjacent to an activating group) is 1. The number of likely N-dealkylation sites (tertiary alicyclic amines) is 2. The van der Waals surface area contributed by atoms with Crippen LogP contribution in [0.2, 0.25) is 0 Å². The minimum absolute atomic E-state index is 0.0567. The van der Waals surface area contributed by atoms with Crippen LogP contribution in [0.3, 0.4) is 0 Å². The molecule has 1 N–H and O–H groups in total. The Bertz CT molecular complexity index is 640. The van der Waals surface area contributed by atoms with Crippen LogP contribution in [0.4, 0.5) is 10.5 Å². The van der Waals surface area contributed by atoms with E-state index in [0.29, 0.717) is 17.9 Å². The van der Waals surface area contributed by atoms with Gasteiger partial charge in [0, 0.05) is 24.8 Å². The van der Waals surface area contributed by atoms with Gasteiger partial charge in [0.1, 0.15) is 0 Å². The average molecular weight is 341 g/mol. The quantitative estimate of drug-likeness (QED) is 0.837. The molecule has 1 aromatic carbocycles. The van der Waals surface area contributed by atoms with Gasteiger partial charge in [-0.25, -0.2) is 4.79 Å². The summed E-state index contributed by atoms with van der Waals surface area (Å²) in [5.74, 6) is 1.03. The van der Waals surface area contributed by atoms with Crippen molar-refractivity contribution in [3.63, 3.8) is 0 Å². The van der Waals surface area contributed by atoms with Gasteiger partial charge in [0.25, 0.3) is 0 Å². The van der Waals surface area contributed by atoms with Gasteiger partial charge >= 0.3 is 6.03 Å². The molecule has 2 fully saturated rings. The van der Waals surface area contributed by atoms with E-state index < -0.39 is 0 Å². The molecule has 4 heteroatoms. The van der Waals surface area contributed by atoms with E-state index in [0.717, 1.165) is 43.7 Å². The number of fused-ring (bicyclic) bond motifs is 1. The topological polar surface area (TPSA) is 35.6 Å². The van der Waals surface area contributed by atoms with Gasteiger partial charge < -0.3 is 15.1 Å². The van der Waals surface area contributed by atoms with E-state index in [4.69, 9.17) is 0 Å². The number of rotatable bonds is 4. The number of hydrogen-bond acceptors (Lipinski definition) is 2. The molecule has 136 valence electrons. The minimum Gasteiger partial charge on any atom is -0.320 e. The Hall–Kier alpha value is -1.81. The molecule has 4 nitrogen and oxygen atoms in total. The lowest BCUT2D eigenvalue weighted by atomic mass is 9.92. The van der Waals surface area contributed by atoms with Gasteiger partial charge in [0.2, 0.25) is 0 Å². The summed E-state index contributed by atoms with van der Waals surface area (Å²) >= 11 is 0. The van der Waals surface area contributed by atoms with Crippen molar-refractivity contribution in [1.82, 2.24) is 9.80 Å². The molecule has 0 spiro atoms. The van der Waals surface area contributed by atoms with Crippen LogP contribution in [0.1, 0.15) is 43.7 Å². The van der Waals surface area contributed by atoms with Crippen molar-refractivity contribution in [2.24, 2.45) is 5.92 Å². The zero-order valence-corrected chi connectivity index (χ0v) is 15.8. The maximum atomic E-state index is 13.1. The first kappa shape index (κ1) is 18.0. The van der Waals surface area contributed by atoms with Crippen molar-refractivity contribution < 1.29 is 4.79 Å². The Balaban J connectivity index is 1.82. The average Bonchev–Trinajstić information content (AvgIpc) is 2.99. The SMILES string of the molecule is C=CCc1cccc(C(C)C)c1NC(=O)N1CC[C@H]2CCN(C)C[C@H]21. The number of piperidine rings is 1. The lowest BCUT2D eigenvalue weighted by Gasteiger charge is -2.36. The lowest BCUT2D eigenvalue weighted by Crippen LogP contribution is -2.49. The summed E-state index contributed by atoms with van der Waals surface area (Å²) in [4.78, 5) is 17.5. The van der Waals surface area contributed by atoms with E-state index in [-0.39, 0.29) is 6.03 Å². The number of para-hydroxylation sites is 1. The zero-order chi connectivity index (χ0) is 18.0. The third-order valence-corrected chi connectivity index (χ3v) is 5.73. The summed E-state index contributed by atoms with van der Waals surface area (Å²) < 4.78 is 0. The van der Waals surface area contributed by atoms with Gasteiger partial charge in [-0.3, -0.25) is 0 Å². The molecule has 2 saturated heterocycles. The fourth-order valence-electron chi connectivity index (χ4n) is 4.31. The highest BCUT2D eigenvalue weighted by Crippen LogP contribution is 2.33. The Morgan fingerprint density at radius 2 is 2.12 bits per heavy atom. The maximum absolute atomic E-state index is 13.1. The van der Waals surface area contributed by atoms with Crippen LogP contribution in [0.15, 0.2) is 30.9 Å². The number of benzene rings is 1. The molecular weight excluding hydrogens is 310 g/mol. The number of nitrogens with zero attached hydrogens (tertiary/aromatic N) is 2. The van der Waals surface area contributed by atoms with Gasteiger partial charge in [-0.2, -0.15) is 0 Å². The molecule has 2 atom stereocenters. The Labute approximate surface area is 151 Å². The van der Waals surface area contributed by atoms with Crippen molar-refractivity contribution in [2.75, 3.05) is 32.0 Å². The number of allylic oxidation sites excluding steroid dienone is 1. The third kappa shape index (κ3) is 3.74. The Kier molecular flexibility index (Phi) is 5.48. The summed E-state index contributed by atoms with van der Waals surface area (Å²) in [6, 6.07) is 6.69. The highest BCUT2D eigenvalue weighted by atomic mass is 16.2. The predicted molar refractivity (Wildman–Crippen MR) is 104 cm³/mol. The zero-order valence-electron chi connectivity index (χ0n) is 15.8. The van der Waals surface area contributed by atoms with Gasteiger partial charge in [0.05, 0.1) is 0 Å². The molecule has 25 heavy (non-hydrogen) atoms. The van der Waals surface area contributed by atoms with Crippen molar-refractivity contribution in [3.8, 4) is 0 Å². The number of amides is 2. The molecule has 2 amide bonds. The summed E-state index contributed by atoms with van der Waals surface area (Å²) in [7, 11) is 2.15. The van der Waals surface area contributed by atoms with Gasteiger partial charge in [0.15, 0.2) is 0 Å². The molecule has 2 heterocycles. The highest BCUT2D eigenvalue weighted by Gasteiger charge is 2.40. The standard InChI is InChI=1S/C21H31N3O/c1-5-7-17-8-6-9-18(15(2)3)20(17)22-21(25)24-13-11-16-10-12-23(4)14-19(16)24/h5-6,8-9,15-16,19H,1,7,10-14H2,2-4H3,(H,22,25)/t16-,19-/m1/s1. The maximum Gasteiger partial charge on any atom is 0.322 e. The Morgan fingerprint density at radius 3 is 2.84 bits per heavy atom. The van der Waals surface area contributed by atoms with Crippen molar-refractivity contribution in [2.45, 2.75) is 45.1 Å². The predicted octanol–water partition coefficient (Wildman–Crippen LogP) is 4.10. The number of urea groups is 1. The molecule has 1 aromatic rings. The summed E-state index contributed by atoms with van der Waals surface area (Å²) in [5.41, 5.74) is 3.32. The van der Waals surface area contributed by atoms with Crippen LogP contribution >= 0.6 is 0 Å². The van der Waals surface area contributed by atoms with Crippen LogP contribution in [-0.4, -0.2) is 48.6 Å². The Morgan fingerprint density at radius 1 is 1.36 bits per heavy atom. The number of hydrogen-bond donors (Lipinski definition) is 1. The lowest BCUT2D eigenvalue weighted by molar-refractivity contribution is 0.137. The number of carbonyl (C=O) groups is 1. The van der Waals surface area contributed by atoms with E-state index in [9.17, 15) is 4.79 Å². The number of nitrogens with one attached hydrogen (secondary N) is 1. The van der Waals surface area contributed by atoms with Crippen LogP contribution in [0, 0.1) is 5.92 Å². The van der Waals surface area contributed by atoms with Crippen molar-refractivity contribution >= 4 is 11.7 Å². The van der Waals surface area contributed by atoms with Crippen LogP contribution in [-0.2, 0) is 6.42 Å².